The van der Waals surface area contributed by atoms with Gasteiger partial charge >= 0.3 is 0 Å². The van der Waals surface area contributed by atoms with Crippen molar-refractivity contribution in [2.75, 3.05) is 51.2 Å². The zero-order valence-electron chi connectivity index (χ0n) is 16.8. The third kappa shape index (κ3) is 5.63. The lowest BCUT2D eigenvalue weighted by Gasteiger charge is -2.37. The maximum absolute atomic E-state index is 12.0. The highest BCUT2D eigenvalue weighted by Crippen LogP contribution is 2.27. The van der Waals surface area contributed by atoms with Crippen molar-refractivity contribution in [1.29, 1.82) is 0 Å². The monoisotopic (exact) mass is 395 g/mol. The molecule has 0 spiro atoms. The molecule has 0 atom stereocenters. The van der Waals surface area contributed by atoms with Crippen molar-refractivity contribution in [2.24, 2.45) is 4.99 Å². The number of nitrogens with one attached hydrogen (secondary N) is 2. The second-order valence-electron chi connectivity index (χ2n) is 6.91. The van der Waals surface area contributed by atoms with Gasteiger partial charge in [-0.2, -0.15) is 0 Å². The molecule has 0 unspecified atom stereocenters. The fraction of sp³-hybridized carbons (Fsp3) is 0.364. The molecule has 154 valence electrons. The Kier molecular flexibility index (Phi) is 7.33. The minimum atomic E-state index is -0.0460. The highest BCUT2D eigenvalue weighted by molar-refractivity contribution is 5.94. The van der Waals surface area contributed by atoms with Crippen molar-refractivity contribution in [1.82, 2.24) is 15.5 Å². The van der Waals surface area contributed by atoms with E-state index in [4.69, 9.17) is 0 Å². The lowest BCUT2D eigenvalue weighted by atomic mass is 10.2. The molecule has 1 amide bonds. The van der Waals surface area contributed by atoms with E-state index in [1.165, 1.54) is 0 Å². The van der Waals surface area contributed by atoms with Crippen LogP contribution in [0, 0.1) is 0 Å². The summed E-state index contributed by atoms with van der Waals surface area (Å²) in [6.45, 7) is 4.66. The summed E-state index contributed by atoms with van der Waals surface area (Å²) in [5, 5.41) is 16.4. The third-order valence-corrected chi connectivity index (χ3v) is 4.97. The van der Waals surface area contributed by atoms with Gasteiger partial charge in [-0.15, -0.1) is 0 Å². The lowest BCUT2D eigenvalue weighted by molar-refractivity contribution is 0.0953. The van der Waals surface area contributed by atoms with E-state index in [0.717, 1.165) is 50.8 Å². The number of guanidine groups is 1. The number of anilines is 1. The van der Waals surface area contributed by atoms with E-state index in [1.807, 2.05) is 48.5 Å². The molecule has 1 saturated heterocycles. The normalized spacial score (nSPS) is 14.6. The van der Waals surface area contributed by atoms with Gasteiger partial charge in [-0.1, -0.05) is 30.3 Å². The van der Waals surface area contributed by atoms with Gasteiger partial charge in [0, 0.05) is 51.9 Å². The SMILES string of the molecule is CN=C(NCCCNC(=O)c1ccccc1)N1CCN(c2ccccc2O)CC1. The first kappa shape index (κ1) is 20.5. The highest BCUT2D eigenvalue weighted by atomic mass is 16.3. The van der Waals surface area contributed by atoms with Crippen molar-refractivity contribution in [3.63, 3.8) is 0 Å². The summed E-state index contributed by atoms with van der Waals surface area (Å²) in [6, 6.07) is 16.7. The van der Waals surface area contributed by atoms with Crippen molar-refractivity contribution in [2.45, 2.75) is 6.42 Å². The number of benzene rings is 2. The molecule has 1 fully saturated rings. The molecule has 29 heavy (non-hydrogen) atoms. The molecule has 0 saturated carbocycles. The van der Waals surface area contributed by atoms with Crippen molar-refractivity contribution >= 4 is 17.6 Å². The van der Waals surface area contributed by atoms with Gasteiger partial charge in [-0.25, -0.2) is 0 Å². The Bertz CT molecular complexity index is 817. The zero-order chi connectivity index (χ0) is 20.5. The molecule has 1 aliphatic rings. The van der Waals surface area contributed by atoms with E-state index >= 15 is 0 Å². The van der Waals surface area contributed by atoms with Gasteiger partial charge in [0.2, 0.25) is 0 Å². The maximum Gasteiger partial charge on any atom is 0.251 e. The zero-order valence-corrected chi connectivity index (χ0v) is 16.8. The number of phenolic OH excluding ortho intramolecular Hbond substituents is 1. The Balaban J connectivity index is 1.38. The van der Waals surface area contributed by atoms with Gasteiger partial charge in [0.15, 0.2) is 5.96 Å². The predicted octanol–water partition coefficient (Wildman–Crippen LogP) is 1.91. The van der Waals surface area contributed by atoms with Crippen LogP contribution in [-0.2, 0) is 0 Å². The number of hydrogen-bond acceptors (Lipinski definition) is 4. The minimum Gasteiger partial charge on any atom is -0.506 e. The number of piperazine rings is 1. The second-order valence-corrected chi connectivity index (χ2v) is 6.91. The van der Waals surface area contributed by atoms with Crippen molar-refractivity contribution < 1.29 is 9.90 Å². The fourth-order valence-corrected chi connectivity index (χ4v) is 3.41. The Morgan fingerprint density at radius 1 is 0.966 bits per heavy atom. The smallest absolute Gasteiger partial charge is 0.251 e. The van der Waals surface area contributed by atoms with Crippen LogP contribution in [0.4, 0.5) is 5.69 Å². The van der Waals surface area contributed by atoms with E-state index in [0.29, 0.717) is 17.9 Å². The topological polar surface area (TPSA) is 80.2 Å². The Morgan fingerprint density at radius 3 is 2.31 bits per heavy atom. The summed E-state index contributed by atoms with van der Waals surface area (Å²) in [5.74, 6) is 1.15. The van der Waals surface area contributed by atoms with Crippen LogP contribution in [0.25, 0.3) is 0 Å². The van der Waals surface area contributed by atoms with E-state index in [9.17, 15) is 9.90 Å². The maximum atomic E-state index is 12.0. The largest absolute Gasteiger partial charge is 0.506 e. The number of rotatable bonds is 6. The van der Waals surface area contributed by atoms with Crippen LogP contribution in [0.5, 0.6) is 5.75 Å². The van der Waals surface area contributed by atoms with Crippen LogP contribution in [0.1, 0.15) is 16.8 Å². The molecule has 1 heterocycles. The molecule has 0 aliphatic carbocycles. The number of para-hydroxylation sites is 2. The molecule has 7 nitrogen and oxygen atoms in total. The number of amides is 1. The van der Waals surface area contributed by atoms with E-state index in [2.05, 4.69) is 25.4 Å². The van der Waals surface area contributed by atoms with Gasteiger partial charge in [-0.3, -0.25) is 9.79 Å². The van der Waals surface area contributed by atoms with Crippen LogP contribution >= 0.6 is 0 Å². The summed E-state index contributed by atoms with van der Waals surface area (Å²) in [4.78, 5) is 20.8. The number of phenols is 1. The average Bonchev–Trinajstić information content (AvgIpc) is 2.77. The predicted molar refractivity (Wildman–Crippen MR) is 117 cm³/mol. The van der Waals surface area contributed by atoms with Crippen LogP contribution < -0.4 is 15.5 Å². The summed E-state index contributed by atoms with van der Waals surface area (Å²) < 4.78 is 0. The van der Waals surface area contributed by atoms with Gasteiger partial charge in [0.25, 0.3) is 5.91 Å². The molecular weight excluding hydrogens is 366 g/mol. The van der Waals surface area contributed by atoms with Crippen LogP contribution in [-0.4, -0.2) is 68.2 Å². The molecule has 3 N–H and O–H groups in total. The van der Waals surface area contributed by atoms with Crippen LogP contribution in [0.2, 0.25) is 0 Å². The second kappa shape index (κ2) is 10.4. The minimum absolute atomic E-state index is 0.0460. The first-order valence-electron chi connectivity index (χ1n) is 10.0. The van der Waals surface area contributed by atoms with E-state index in [-0.39, 0.29) is 5.91 Å². The summed E-state index contributed by atoms with van der Waals surface area (Å²) in [5.41, 5.74) is 1.56. The standard InChI is InChI=1S/C22H29N5O2/c1-23-22(25-13-7-12-24-21(29)18-8-3-2-4-9-18)27-16-14-26(15-17-27)19-10-5-6-11-20(19)28/h2-6,8-11,28H,7,12-17H2,1H3,(H,23,25)(H,24,29). The number of carbonyl (C=O) groups excluding carboxylic acids is 1. The summed E-state index contributed by atoms with van der Waals surface area (Å²) in [7, 11) is 1.79. The molecule has 3 rings (SSSR count). The quantitative estimate of drug-likeness (QED) is 0.396. The Hall–Kier alpha value is -3.22. The Labute approximate surface area is 172 Å². The van der Waals surface area contributed by atoms with E-state index < -0.39 is 0 Å². The van der Waals surface area contributed by atoms with Gasteiger partial charge in [0.1, 0.15) is 5.75 Å². The van der Waals surface area contributed by atoms with Gasteiger partial charge < -0.3 is 25.5 Å². The summed E-state index contributed by atoms with van der Waals surface area (Å²) in [6.07, 6.45) is 0.815. The first-order valence-corrected chi connectivity index (χ1v) is 10.0. The molecule has 0 radical (unpaired) electrons. The number of hydrogen-bond donors (Lipinski definition) is 3. The van der Waals surface area contributed by atoms with Crippen molar-refractivity contribution in [3.05, 3.63) is 60.2 Å². The lowest BCUT2D eigenvalue weighted by Crippen LogP contribution is -2.52. The highest BCUT2D eigenvalue weighted by Gasteiger charge is 2.21. The van der Waals surface area contributed by atoms with Gasteiger partial charge in [-0.05, 0) is 30.7 Å². The first-order chi connectivity index (χ1) is 14.2. The molecule has 1 aliphatic heterocycles. The molecule has 2 aromatic carbocycles. The number of aromatic hydroxyl groups is 1. The van der Waals surface area contributed by atoms with Crippen LogP contribution in [0.15, 0.2) is 59.6 Å². The molecular formula is C22H29N5O2. The molecule has 2 aromatic rings. The fourth-order valence-electron chi connectivity index (χ4n) is 3.41. The van der Waals surface area contributed by atoms with Crippen molar-refractivity contribution in [3.8, 4) is 5.75 Å². The molecule has 0 aromatic heterocycles. The number of aliphatic imine (C=N–C) groups is 1. The Morgan fingerprint density at radius 2 is 1.62 bits per heavy atom. The third-order valence-electron chi connectivity index (χ3n) is 4.97. The number of nitrogens with zero attached hydrogens (tertiary/aromatic N) is 3. The van der Waals surface area contributed by atoms with Gasteiger partial charge in [0.05, 0.1) is 5.69 Å². The summed E-state index contributed by atoms with van der Waals surface area (Å²) >= 11 is 0. The van der Waals surface area contributed by atoms with Crippen LogP contribution in [0.3, 0.4) is 0 Å². The average molecular weight is 396 g/mol. The number of carbonyl (C=O) groups is 1. The molecule has 7 heteroatoms. The van der Waals surface area contributed by atoms with E-state index in [1.54, 1.807) is 13.1 Å². The molecule has 0 bridgehead atoms.